The molecule has 1 aromatic carbocycles. The van der Waals surface area contributed by atoms with Gasteiger partial charge in [0.25, 0.3) is 5.60 Å². The molecular formula is C20H27F3O3. The third kappa shape index (κ3) is 4.05. The van der Waals surface area contributed by atoms with E-state index in [1.165, 1.54) is 24.3 Å². The van der Waals surface area contributed by atoms with Crippen molar-refractivity contribution in [2.24, 2.45) is 11.3 Å². The maximum atomic E-state index is 13.9. The van der Waals surface area contributed by atoms with Gasteiger partial charge in [0, 0.05) is 12.7 Å². The smallest absolute Gasteiger partial charge is 0.432 e. The Balaban J connectivity index is 2.19. The maximum absolute atomic E-state index is 13.9. The molecule has 0 spiro atoms. The second kappa shape index (κ2) is 7.59. The van der Waals surface area contributed by atoms with E-state index in [9.17, 15) is 18.0 Å². The lowest BCUT2D eigenvalue weighted by molar-refractivity contribution is -0.278. The quantitative estimate of drug-likeness (QED) is 0.678. The Bertz CT molecular complexity index is 599. The number of hydrogen-bond donors (Lipinski definition) is 0. The molecule has 0 bridgehead atoms. The summed E-state index contributed by atoms with van der Waals surface area (Å²) in [7, 11) is 0.887. The molecule has 0 aliphatic heterocycles. The molecule has 1 unspecified atom stereocenters. The molecule has 0 radical (unpaired) electrons. The number of ether oxygens (including phenoxy) is 2. The van der Waals surface area contributed by atoms with Crippen LogP contribution in [0.15, 0.2) is 30.3 Å². The summed E-state index contributed by atoms with van der Waals surface area (Å²) in [5.74, 6) is -0.917. The summed E-state index contributed by atoms with van der Waals surface area (Å²) in [5.41, 5.74) is -3.24. The van der Waals surface area contributed by atoms with Crippen LogP contribution < -0.4 is 0 Å². The molecule has 0 aromatic heterocycles. The first kappa shape index (κ1) is 20.7. The van der Waals surface area contributed by atoms with Crippen molar-refractivity contribution >= 4 is 5.97 Å². The topological polar surface area (TPSA) is 35.5 Å². The van der Waals surface area contributed by atoms with Gasteiger partial charge in [-0.3, -0.25) is 0 Å². The molecule has 1 aliphatic rings. The number of carbonyl (C=O) groups is 1. The summed E-state index contributed by atoms with van der Waals surface area (Å²) in [6, 6.07) is 6.93. The molecule has 146 valence electrons. The summed E-state index contributed by atoms with van der Waals surface area (Å²) in [6.45, 7) is 6.46. The van der Waals surface area contributed by atoms with Crippen molar-refractivity contribution in [2.45, 2.75) is 64.3 Å². The van der Waals surface area contributed by atoms with E-state index in [4.69, 9.17) is 9.47 Å². The normalized spacial score (nSPS) is 24.0. The summed E-state index contributed by atoms with van der Waals surface area (Å²) >= 11 is 0. The van der Waals surface area contributed by atoms with Gasteiger partial charge in [0.2, 0.25) is 0 Å². The molecule has 0 saturated heterocycles. The highest BCUT2D eigenvalue weighted by molar-refractivity contribution is 5.82. The van der Waals surface area contributed by atoms with Crippen LogP contribution >= 0.6 is 0 Å². The van der Waals surface area contributed by atoms with Gasteiger partial charge in [0.05, 0.1) is 0 Å². The zero-order valence-electron chi connectivity index (χ0n) is 15.7. The van der Waals surface area contributed by atoms with Crippen molar-refractivity contribution in [1.82, 2.24) is 0 Å². The van der Waals surface area contributed by atoms with E-state index in [1.807, 2.05) is 0 Å². The van der Waals surface area contributed by atoms with E-state index in [2.05, 4.69) is 20.8 Å². The number of hydrogen-bond acceptors (Lipinski definition) is 3. The number of benzene rings is 1. The van der Waals surface area contributed by atoms with Gasteiger partial charge in [0.15, 0.2) is 0 Å². The Labute approximate surface area is 152 Å². The van der Waals surface area contributed by atoms with Gasteiger partial charge in [-0.05, 0) is 37.0 Å². The molecule has 1 atom stereocenters. The molecule has 1 aliphatic carbocycles. The minimum absolute atomic E-state index is 0.140. The predicted molar refractivity (Wildman–Crippen MR) is 92.5 cm³/mol. The minimum Gasteiger partial charge on any atom is -0.460 e. The summed E-state index contributed by atoms with van der Waals surface area (Å²) in [5, 5.41) is 0. The average Bonchev–Trinajstić information content (AvgIpc) is 2.55. The minimum atomic E-state index is -4.93. The van der Waals surface area contributed by atoms with Gasteiger partial charge in [0.1, 0.15) is 6.10 Å². The van der Waals surface area contributed by atoms with Crippen molar-refractivity contribution < 1.29 is 27.4 Å². The van der Waals surface area contributed by atoms with Crippen molar-refractivity contribution in [1.29, 1.82) is 0 Å². The average molecular weight is 372 g/mol. The fraction of sp³-hybridized carbons (Fsp3) is 0.650. The number of halogens is 3. The zero-order valence-corrected chi connectivity index (χ0v) is 15.7. The Morgan fingerprint density at radius 3 is 1.96 bits per heavy atom. The van der Waals surface area contributed by atoms with Crippen molar-refractivity contribution in [2.75, 3.05) is 7.11 Å². The molecule has 0 heterocycles. The van der Waals surface area contributed by atoms with Gasteiger partial charge in [-0.25, -0.2) is 4.79 Å². The third-order valence-electron chi connectivity index (χ3n) is 5.35. The van der Waals surface area contributed by atoms with E-state index in [0.717, 1.165) is 20.0 Å². The first-order valence-corrected chi connectivity index (χ1v) is 8.91. The number of methoxy groups -OCH3 is 1. The summed E-state index contributed by atoms with van der Waals surface area (Å²) < 4.78 is 51.6. The van der Waals surface area contributed by atoms with Crippen molar-refractivity contribution in [3.05, 3.63) is 35.9 Å². The monoisotopic (exact) mass is 372 g/mol. The lowest BCUT2D eigenvalue weighted by Gasteiger charge is -2.38. The molecular weight excluding hydrogens is 345 g/mol. The Morgan fingerprint density at radius 2 is 1.54 bits per heavy atom. The summed E-state index contributed by atoms with van der Waals surface area (Å²) in [4.78, 5) is 12.6. The van der Waals surface area contributed by atoms with Gasteiger partial charge < -0.3 is 9.47 Å². The van der Waals surface area contributed by atoms with Crippen LogP contribution in [0.1, 0.15) is 52.0 Å². The van der Waals surface area contributed by atoms with Crippen LogP contribution in [0.25, 0.3) is 0 Å². The lowest BCUT2D eigenvalue weighted by Crippen LogP contribution is -2.52. The van der Waals surface area contributed by atoms with Crippen LogP contribution in [0, 0.1) is 11.3 Å². The first-order chi connectivity index (χ1) is 12.0. The Kier molecular flexibility index (Phi) is 6.06. The van der Waals surface area contributed by atoms with Gasteiger partial charge in [-0.2, -0.15) is 13.2 Å². The fourth-order valence-electron chi connectivity index (χ4n) is 3.67. The van der Waals surface area contributed by atoms with Crippen LogP contribution in [0.4, 0.5) is 13.2 Å². The lowest BCUT2D eigenvalue weighted by atomic mass is 9.72. The number of rotatable bonds is 4. The van der Waals surface area contributed by atoms with E-state index in [1.54, 1.807) is 6.07 Å². The number of alkyl halides is 3. The molecule has 0 N–H and O–H groups in total. The Hall–Kier alpha value is -1.56. The maximum Gasteiger partial charge on any atom is 0.432 e. The highest BCUT2D eigenvalue weighted by Crippen LogP contribution is 2.44. The van der Waals surface area contributed by atoms with Crippen LogP contribution in [-0.2, 0) is 19.9 Å². The number of carbonyl (C=O) groups excluding carboxylic acids is 1. The molecule has 26 heavy (non-hydrogen) atoms. The second-order valence-corrected chi connectivity index (χ2v) is 7.99. The molecule has 1 fully saturated rings. The number of esters is 1. The predicted octanol–water partition coefficient (Wildman–Crippen LogP) is 5.24. The zero-order chi connectivity index (χ0) is 19.6. The van der Waals surface area contributed by atoms with Crippen LogP contribution in [0.3, 0.4) is 0 Å². The van der Waals surface area contributed by atoms with Gasteiger partial charge >= 0.3 is 12.1 Å². The molecule has 0 amide bonds. The van der Waals surface area contributed by atoms with E-state index < -0.39 is 23.9 Å². The molecule has 2 rings (SSSR count). The van der Waals surface area contributed by atoms with Crippen molar-refractivity contribution in [3.63, 3.8) is 0 Å². The first-order valence-electron chi connectivity index (χ1n) is 8.91. The molecule has 1 saturated carbocycles. The largest absolute Gasteiger partial charge is 0.460 e. The van der Waals surface area contributed by atoms with E-state index in [-0.39, 0.29) is 11.0 Å². The molecule has 6 heteroatoms. The van der Waals surface area contributed by atoms with Gasteiger partial charge in [-0.1, -0.05) is 51.1 Å². The fourth-order valence-corrected chi connectivity index (χ4v) is 3.67. The van der Waals surface area contributed by atoms with E-state index >= 15 is 0 Å². The van der Waals surface area contributed by atoms with Crippen LogP contribution in [0.2, 0.25) is 0 Å². The van der Waals surface area contributed by atoms with Gasteiger partial charge in [-0.15, -0.1) is 0 Å². The Morgan fingerprint density at radius 1 is 1.00 bits per heavy atom. The molecule has 1 aromatic rings. The second-order valence-electron chi connectivity index (χ2n) is 7.99. The summed E-state index contributed by atoms with van der Waals surface area (Å²) in [6.07, 6.45) is -2.64. The third-order valence-corrected chi connectivity index (χ3v) is 5.35. The standard InChI is InChI=1S/C20H27F3O3/c1-18(2,3)14-10-12-16(13-11-14)26-17(24)19(25-4,20(21,22)23)15-8-6-5-7-9-15/h5-9,14,16H,10-13H2,1-4H3. The van der Waals surface area contributed by atoms with Crippen LogP contribution in [0.5, 0.6) is 0 Å². The highest BCUT2D eigenvalue weighted by Gasteiger charge is 2.64. The van der Waals surface area contributed by atoms with Crippen LogP contribution in [-0.4, -0.2) is 25.4 Å². The highest BCUT2D eigenvalue weighted by atomic mass is 19.4. The van der Waals surface area contributed by atoms with E-state index in [0.29, 0.717) is 18.8 Å². The molecule has 3 nitrogen and oxygen atoms in total. The van der Waals surface area contributed by atoms with Crippen molar-refractivity contribution in [3.8, 4) is 0 Å². The SMILES string of the molecule is COC(C(=O)OC1CCC(C(C)(C)C)CC1)(c1ccccc1)C(F)(F)F.